The molecule has 1 heteroatoms. The van der Waals surface area contributed by atoms with E-state index in [2.05, 4.69) is 26.8 Å². The van der Waals surface area contributed by atoms with Crippen molar-refractivity contribution in [2.24, 2.45) is 0 Å². The smallest absolute Gasteiger partial charge is 0.100 e. The molecule has 0 aliphatic carbocycles. The molecule has 90 valence electrons. The molecule has 0 N–H and O–H groups in total. The van der Waals surface area contributed by atoms with Crippen molar-refractivity contribution >= 4 is 0 Å². The largest absolute Gasteiger partial charge is 0.192 e. The lowest BCUT2D eigenvalue weighted by Gasteiger charge is -2.22. The van der Waals surface area contributed by atoms with Crippen molar-refractivity contribution < 1.29 is 0 Å². The fourth-order valence-corrected chi connectivity index (χ4v) is 2.16. The number of nitrogens with zero attached hydrogens (tertiary/aromatic N) is 1. The first-order valence-electron chi connectivity index (χ1n) is 6.13. The minimum atomic E-state index is -0.0180. The van der Waals surface area contributed by atoms with Crippen molar-refractivity contribution in [2.75, 3.05) is 0 Å². The van der Waals surface area contributed by atoms with Gasteiger partial charge in [-0.05, 0) is 22.1 Å². The lowest BCUT2D eigenvalue weighted by molar-refractivity contribution is 0.589. The average molecular weight is 235 g/mol. The molecule has 0 radical (unpaired) electrons. The summed E-state index contributed by atoms with van der Waals surface area (Å²) >= 11 is 0. The summed E-state index contributed by atoms with van der Waals surface area (Å²) in [4.78, 5) is 0. The van der Waals surface area contributed by atoms with Crippen LogP contribution >= 0.6 is 0 Å². The molecule has 0 fully saturated rings. The monoisotopic (exact) mass is 235 g/mol. The molecule has 0 aliphatic rings. The molecule has 0 atom stereocenters. The number of nitriles is 1. The van der Waals surface area contributed by atoms with E-state index in [1.54, 1.807) is 0 Å². The van der Waals surface area contributed by atoms with E-state index in [-0.39, 0.29) is 5.41 Å². The van der Waals surface area contributed by atoms with Crippen LogP contribution in [0.5, 0.6) is 0 Å². The van der Waals surface area contributed by atoms with Crippen LogP contribution in [0, 0.1) is 11.3 Å². The van der Waals surface area contributed by atoms with Gasteiger partial charge in [0.15, 0.2) is 0 Å². The summed E-state index contributed by atoms with van der Waals surface area (Å²) in [5.41, 5.74) is 3.99. The second-order valence-corrected chi connectivity index (χ2v) is 5.46. The van der Waals surface area contributed by atoms with Gasteiger partial charge in [-0.25, -0.2) is 0 Å². The fraction of sp³-hybridized carbons (Fsp3) is 0.235. The second-order valence-electron chi connectivity index (χ2n) is 5.46. The van der Waals surface area contributed by atoms with Gasteiger partial charge in [0.1, 0.15) is 6.07 Å². The van der Waals surface area contributed by atoms with Gasteiger partial charge in [0.25, 0.3) is 0 Å². The average Bonchev–Trinajstić information content (AvgIpc) is 2.37. The maximum Gasteiger partial charge on any atom is 0.100 e. The highest BCUT2D eigenvalue weighted by molar-refractivity contribution is 5.72. The Morgan fingerprint density at radius 3 is 2.11 bits per heavy atom. The molecule has 0 aromatic heterocycles. The SMILES string of the molecule is CC(C)(C)c1cccc(-c2ccccc2)c1C#N. The van der Waals surface area contributed by atoms with E-state index < -0.39 is 0 Å². The zero-order valence-corrected chi connectivity index (χ0v) is 11.1. The number of rotatable bonds is 1. The molecule has 18 heavy (non-hydrogen) atoms. The Bertz CT molecular complexity index is 583. The van der Waals surface area contributed by atoms with E-state index in [0.29, 0.717) is 0 Å². The van der Waals surface area contributed by atoms with Gasteiger partial charge in [0.2, 0.25) is 0 Å². The van der Waals surface area contributed by atoms with E-state index in [1.807, 2.05) is 48.5 Å². The van der Waals surface area contributed by atoms with Crippen molar-refractivity contribution in [3.05, 3.63) is 59.7 Å². The zero-order chi connectivity index (χ0) is 13.2. The van der Waals surface area contributed by atoms with Gasteiger partial charge >= 0.3 is 0 Å². The summed E-state index contributed by atoms with van der Waals surface area (Å²) in [6.45, 7) is 6.41. The highest BCUT2D eigenvalue weighted by Crippen LogP contribution is 2.32. The summed E-state index contributed by atoms with van der Waals surface area (Å²) in [6, 6.07) is 18.5. The van der Waals surface area contributed by atoms with Gasteiger partial charge in [0.05, 0.1) is 5.56 Å². The number of benzene rings is 2. The van der Waals surface area contributed by atoms with Crippen LogP contribution in [-0.4, -0.2) is 0 Å². The van der Waals surface area contributed by atoms with Crippen LogP contribution in [0.2, 0.25) is 0 Å². The van der Waals surface area contributed by atoms with E-state index in [0.717, 1.165) is 22.3 Å². The first-order valence-corrected chi connectivity index (χ1v) is 6.13. The molecule has 2 aromatic rings. The van der Waals surface area contributed by atoms with E-state index in [4.69, 9.17) is 0 Å². The summed E-state index contributed by atoms with van der Waals surface area (Å²) in [7, 11) is 0. The first kappa shape index (κ1) is 12.4. The summed E-state index contributed by atoms with van der Waals surface area (Å²) in [5.74, 6) is 0. The van der Waals surface area contributed by atoms with E-state index in [9.17, 15) is 5.26 Å². The van der Waals surface area contributed by atoms with E-state index in [1.165, 1.54) is 0 Å². The molecule has 0 saturated carbocycles. The Balaban J connectivity index is 2.68. The Kier molecular flexibility index (Phi) is 3.21. The number of hydrogen-bond acceptors (Lipinski definition) is 1. The van der Waals surface area contributed by atoms with Gasteiger partial charge in [-0.2, -0.15) is 5.26 Å². The van der Waals surface area contributed by atoms with E-state index >= 15 is 0 Å². The fourth-order valence-electron chi connectivity index (χ4n) is 2.16. The topological polar surface area (TPSA) is 23.8 Å². The zero-order valence-electron chi connectivity index (χ0n) is 11.1. The predicted molar refractivity (Wildman–Crippen MR) is 75.3 cm³/mol. The molecule has 2 aromatic carbocycles. The lowest BCUT2D eigenvalue weighted by atomic mass is 9.81. The van der Waals surface area contributed by atoms with Gasteiger partial charge in [-0.1, -0.05) is 69.3 Å². The second kappa shape index (κ2) is 4.66. The first-order chi connectivity index (χ1) is 8.54. The van der Waals surface area contributed by atoms with Crippen LogP contribution in [0.4, 0.5) is 0 Å². The van der Waals surface area contributed by atoms with Crippen molar-refractivity contribution in [1.82, 2.24) is 0 Å². The molecule has 0 unspecified atom stereocenters. The minimum Gasteiger partial charge on any atom is -0.192 e. The van der Waals surface area contributed by atoms with Gasteiger partial charge in [-0.3, -0.25) is 0 Å². The van der Waals surface area contributed by atoms with Crippen molar-refractivity contribution in [3.8, 4) is 17.2 Å². The van der Waals surface area contributed by atoms with Gasteiger partial charge < -0.3 is 0 Å². The molecule has 0 heterocycles. The normalized spacial score (nSPS) is 11.0. The maximum absolute atomic E-state index is 9.47. The highest BCUT2D eigenvalue weighted by Gasteiger charge is 2.20. The molecular formula is C17H17N. The highest BCUT2D eigenvalue weighted by atomic mass is 14.3. The van der Waals surface area contributed by atoms with Crippen molar-refractivity contribution in [3.63, 3.8) is 0 Å². The van der Waals surface area contributed by atoms with Crippen LogP contribution in [0.25, 0.3) is 11.1 Å². The Morgan fingerprint density at radius 1 is 0.889 bits per heavy atom. The van der Waals surface area contributed by atoms with Gasteiger partial charge in [-0.15, -0.1) is 0 Å². The lowest BCUT2D eigenvalue weighted by Crippen LogP contribution is -2.13. The van der Waals surface area contributed by atoms with Crippen LogP contribution in [0.3, 0.4) is 0 Å². The van der Waals surface area contributed by atoms with Crippen LogP contribution in [-0.2, 0) is 5.41 Å². The third-order valence-corrected chi connectivity index (χ3v) is 3.07. The van der Waals surface area contributed by atoms with Crippen LogP contribution < -0.4 is 0 Å². The molecule has 0 amide bonds. The molecule has 0 bridgehead atoms. The molecular weight excluding hydrogens is 218 g/mol. The molecule has 0 saturated heterocycles. The quantitative estimate of drug-likeness (QED) is 0.712. The summed E-state index contributed by atoms with van der Waals surface area (Å²) < 4.78 is 0. The molecule has 2 rings (SSSR count). The maximum atomic E-state index is 9.47. The molecule has 0 aliphatic heterocycles. The third-order valence-electron chi connectivity index (χ3n) is 3.07. The Hall–Kier alpha value is -2.07. The Morgan fingerprint density at radius 2 is 1.56 bits per heavy atom. The van der Waals surface area contributed by atoms with Crippen molar-refractivity contribution in [1.29, 1.82) is 5.26 Å². The summed E-state index contributed by atoms with van der Waals surface area (Å²) in [5, 5.41) is 9.47. The predicted octanol–water partition coefficient (Wildman–Crippen LogP) is 4.52. The minimum absolute atomic E-state index is 0.0180. The molecule has 1 nitrogen and oxygen atoms in total. The van der Waals surface area contributed by atoms with Gasteiger partial charge in [0, 0.05) is 0 Å². The standard InChI is InChI=1S/C17H17N/c1-17(2,3)16-11-7-10-14(15(16)12-18)13-8-5-4-6-9-13/h4-11H,1-3H3. The Labute approximate surface area is 109 Å². The van der Waals surface area contributed by atoms with Crippen LogP contribution in [0.1, 0.15) is 31.9 Å². The third kappa shape index (κ3) is 2.28. The van der Waals surface area contributed by atoms with Crippen LogP contribution in [0.15, 0.2) is 48.5 Å². The summed E-state index contributed by atoms with van der Waals surface area (Å²) in [6.07, 6.45) is 0. The van der Waals surface area contributed by atoms with Crippen molar-refractivity contribution in [2.45, 2.75) is 26.2 Å². The number of hydrogen-bond donors (Lipinski definition) is 0. The molecule has 0 spiro atoms.